The maximum atomic E-state index is 13.8. The van der Waals surface area contributed by atoms with Crippen LogP contribution in [0, 0.1) is 5.82 Å². The van der Waals surface area contributed by atoms with Crippen molar-refractivity contribution >= 4 is 27.3 Å². The average Bonchev–Trinajstić information content (AvgIpc) is 2.61. The molecule has 0 bridgehead atoms. The number of aryl methyl sites for hydroxylation is 1. The highest BCUT2D eigenvalue weighted by molar-refractivity contribution is 7.92. The maximum absolute atomic E-state index is 13.8. The van der Waals surface area contributed by atoms with Gasteiger partial charge in [0.2, 0.25) is 5.91 Å². The van der Waals surface area contributed by atoms with E-state index in [0.717, 1.165) is 17.3 Å². The van der Waals surface area contributed by atoms with Crippen LogP contribution in [0.25, 0.3) is 0 Å². The molecule has 0 unspecified atom stereocenters. The predicted octanol–water partition coefficient (Wildman–Crippen LogP) is 2.55. The van der Waals surface area contributed by atoms with Crippen molar-refractivity contribution in [1.29, 1.82) is 0 Å². The fourth-order valence-corrected chi connectivity index (χ4v) is 4.05. The minimum Gasteiger partial charge on any atom is -0.383 e. The Hall–Kier alpha value is -2.45. The molecule has 0 spiro atoms. The molecule has 0 atom stereocenters. The van der Waals surface area contributed by atoms with Crippen molar-refractivity contribution in [2.24, 2.45) is 0 Å². The second-order valence-electron chi connectivity index (χ2n) is 5.92. The molecule has 1 amide bonds. The third-order valence-electron chi connectivity index (χ3n) is 4.18. The fraction of sp³-hybridized carbons (Fsp3) is 0.278. The summed E-state index contributed by atoms with van der Waals surface area (Å²) in [7, 11) is -2.47. The second kappa shape index (κ2) is 7.43. The van der Waals surface area contributed by atoms with Crippen molar-refractivity contribution in [3.63, 3.8) is 0 Å². The molecule has 1 heterocycles. The van der Waals surface area contributed by atoms with Crippen LogP contribution in [0.3, 0.4) is 0 Å². The number of fused-ring (bicyclic) bond motifs is 1. The Balaban J connectivity index is 1.88. The van der Waals surface area contributed by atoms with Crippen LogP contribution < -0.4 is 9.62 Å². The lowest BCUT2D eigenvalue weighted by atomic mass is 10.0. The number of hydrogen-bond acceptors (Lipinski definition) is 4. The summed E-state index contributed by atoms with van der Waals surface area (Å²) in [5.74, 6) is -0.802. The largest absolute Gasteiger partial charge is 0.383 e. The molecule has 1 aliphatic heterocycles. The van der Waals surface area contributed by atoms with Gasteiger partial charge in [-0.05, 0) is 42.3 Å². The number of hydrogen-bond donors (Lipinski definition) is 1. The second-order valence-corrected chi connectivity index (χ2v) is 7.57. The van der Waals surface area contributed by atoms with E-state index in [4.69, 9.17) is 4.74 Å². The van der Waals surface area contributed by atoms with Crippen LogP contribution in [0.2, 0.25) is 0 Å². The van der Waals surface area contributed by atoms with E-state index in [1.54, 1.807) is 30.2 Å². The summed E-state index contributed by atoms with van der Waals surface area (Å²) in [6, 6.07) is 10.1. The zero-order chi connectivity index (χ0) is 18.7. The number of sulfonamides is 1. The lowest BCUT2D eigenvalue weighted by Crippen LogP contribution is -2.37. The van der Waals surface area contributed by atoms with E-state index in [0.29, 0.717) is 31.7 Å². The highest BCUT2D eigenvalue weighted by atomic mass is 32.2. The first-order chi connectivity index (χ1) is 12.4. The molecule has 3 rings (SSSR count). The molecular formula is C18H19FN2O4S. The van der Waals surface area contributed by atoms with Gasteiger partial charge in [-0.1, -0.05) is 12.1 Å². The van der Waals surface area contributed by atoms with Crippen molar-refractivity contribution in [2.75, 3.05) is 29.9 Å². The van der Waals surface area contributed by atoms with E-state index in [2.05, 4.69) is 4.72 Å². The van der Waals surface area contributed by atoms with Gasteiger partial charge in [0.15, 0.2) is 0 Å². The maximum Gasteiger partial charge on any atom is 0.264 e. The Kier molecular flexibility index (Phi) is 5.24. The van der Waals surface area contributed by atoms with E-state index < -0.39 is 20.7 Å². The van der Waals surface area contributed by atoms with Crippen molar-refractivity contribution in [2.45, 2.75) is 17.7 Å². The van der Waals surface area contributed by atoms with Gasteiger partial charge < -0.3 is 9.64 Å². The van der Waals surface area contributed by atoms with Crippen LogP contribution in [-0.4, -0.2) is 34.6 Å². The minimum atomic E-state index is -4.03. The van der Waals surface area contributed by atoms with Gasteiger partial charge in [-0.15, -0.1) is 0 Å². The normalized spacial score (nSPS) is 14.2. The van der Waals surface area contributed by atoms with Crippen molar-refractivity contribution in [3.8, 4) is 0 Å². The lowest BCUT2D eigenvalue weighted by molar-refractivity contribution is -0.119. The van der Waals surface area contributed by atoms with E-state index in [-0.39, 0.29) is 5.91 Å². The molecule has 0 radical (unpaired) electrons. The first-order valence-electron chi connectivity index (χ1n) is 8.12. The number of nitrogens with zero attached hydrogens (tertiary/aromatic N) is 1. The van der Waals surface area contributed by atoms with Crippen LogP contribution in [0.1, 0.15) is 12.0 Å². The zero-order valence-corrected chi connectivity index (χ0v) is 15.1. The number of carbonyl (C=O) groups is 1. The number of anilines is 2. The summed E-state index contributed by atoms with van der Waals surface area (Å²) in [6.07, 6.45) is 0.868. The third-order valence-corrected chi connectivity index (χ3v) is 5.59. The molecular weight excluding hydrogens is 359 g/mol. The first kappa shape index (κ1) is 18.3. The molecule has 0 aliphatic carbocycles. The van der Waals surface area contributed by atoms with Crippen LogP contribution in [0.5, 0.6) is 0 Å². The number of methoxy groups -OCH3 is 1. The van der Waals surface area contributed by atoms with E-state index in [1.807, 2.05) is 0 Å². The van der Waals surface area contributed by atoms with Crippen LogP contribution in [0.4, 0.5) is 15.8 Å². The van der Waals surface area contributed by atoms with Crippen LogP contribution >= 0.6 is 0 Å². The summed E-state index contributed by atoms with van der Waals surface area (Å²) >= 11 is 0. The number of nitrogens with one attached hydrogen (secondary N) is 1. The smallest absolute Gasteiger partial charge is 0.264 e. The minimum absolute atomic E-state index is 0.00855. The Morgan fingerprint density at radius 2 is 1.96 bits per heavy atom. The summed E-state index contributed by atoms with van der Waals surface area (Å²) in [5.41, 5.74) is 1.93. The van der Waals surface area contributed by atoms with Crippen LogP contribution in [0.15, 0.2) is 47.4 Å². The average molecular weight is 378 g/mol. The fourth-order valence-electron chi connectivity index (χ4n) is 2.92. The van der Waals surface area contributed by atoms with Crippen LogP contribution in [-0.2, 0) is 26.0 Å². The lowest BCUT2D eigenvalue weighted by Gasteiger charge is -2.29. The third kappa shape index (κ3) is 3.71. The quantitative estimate of drug-likeness (QED) is 0.838. The molecule has 2 aromatic carbocycles. The summed E-state index contributed by atoms with van der Waals surface area (Å²) in [6.45, 7) is 0.843. The number of ether oxygens (including phenoxy) is 1. The molecule has 1 aliphatic rings. The monoisotopic (exact) mass is 378 g/mol. The number of rotatable bonds is 6. The Morgan fingerprint density at radius 3 is 2.69 bits per heavy atom. The van der Waals surface area contributed by atoms with E-state index in [9.17, 15) is 17.6 Å². The SMILES string of the molecule is COCCN1C(=O)CCc2cc(NS(=O)(=O)c3ccccc3F)ccc21. The predicted molar refractivity (Wildman–Crippen MR) is 96.2 cm³/mol. The molecule has 0 saturated carbocycles. The van der Waals surface area contributed by atoms with E-state index >= 15 is 0 Å². The van der Waals surface area contributed by atoms with Gasteiger partial charge in [-0.3, -0.25) is 9.52 Å². The number of halogens is 1. The van der Waals surface area contributed by atoms with Crippen molar-refractivity contribution in [3.05, 3.63) is 53.8 Å². The van der Waals surface area contributed by atoms with Gasteiger partial charge in [0.1, 0.15) is 10.7 Å². The van der Waals surface area contributed by atoms with Crippen molar-refractivity contribution < 1.29 is 22.3 Å². The zero-order valence-electron chi connectivity index (χ0n) is 14.2. The van der Waals surface area contributed by atoms with Crippen molar-refractivity contribution in [1.82, 2.24) is 0 Å². The molecule has 1 N–H and O–H groups in total. The topological polar surface area (TPSA) is 75.7 Å². The van der Waals surface area contributed by atoms with Gasteiger partial charge in [0, 0.05) is 31.5 Å². The van der Waals surface area contributed by atoms with E-state index in [1.165, 1.54) is 18.2 Å². The molecule has 0 saturated heterocycles. The molecule has 8 heteroatoms. The summed E-state index contributed by atoms with van der Waals surface area (Å²) in [5, 5.41) is 0. The number of carbonyl (C=O) groups excluding carboxylic acids is 1. The Morgan fingerprint density at radius 1 is 1.19 bits per heavy atom. The Bertz CT molecular complexity index is 931. The highest BCUT2D eigenvalue weighted by Crippen LogP contribution is 2.31. The first-order valence-corrected chi connectivity index (χ1v) is 9.60. The summed E-state index contributed by atoms with van der Waals surface area (Å²) < 4.78 is 46.1. The van der Waals surface area contributed by atoms with Gasteiger partial charge in [0.25, 0.3) is 10.0 Å². The molecule has 6 nitrogen and oxygen atoms in total. The molecule has 26 heavy (non-hydrogen) atoms. The number of amides is 1. The standard InChI is InChI=1S/C18H19FN2O4S/c1-25-11-10-21-16-8-7-14(12-13(16)6-9-18(21)22)20-26(23,24)17-5-3-2-4-15(17)19/h2-5,7-8,12,20H,6,9-11H2,1H3. The van der Waals surface area contributed by atoms with Gasteiger partial charge >= 0.3 is 0 Å². The van der Waals surface area contributed by atoms with Gasteiger partial charge in [0.05, 0.1) is 6.61 Å². The highest BCUT2D eigenvalue weighted by Gasteiger charge is 2.25. The Labute approximate surface area is 151 Å². The van der Waals surface area contributed by atoms with Gasteiger partial charge in [-0.25, -0.2) is 12.8 Å². The van der Waals surface area contributed by atoms with Gasteiger partial charge in [-0.2, -0.15) is 0 Å². The number of benzene rings is 2. The summed E-state index contributed by atoms with van der Waals surface area (Å²) in [4.78, 5) is 13.3. The molecule has 138 valence electrons. The molecule has 2 aromatic rings. The molecule has 0 fully saturated rings. The molecule has 0 aromatic heterocycles.